The fourth-order valence-corrected chi connectivity index (χ4v) is 4.01. The van der Waals surface area contributed by atoms with Crippen molar-refractivity contribution in [2.75, 3.05) is 13.7 Å². The first-order valence-electron chi connectivity index (χ1n) is 11.1. The first kappa shape index (κ1) is 27.8. The van der Waals surface area contributed by atoms with Gasteiger partial charge < -0.3 is 14.8 Å². The average molecular weight is 493 g/mol. The van der Waals surface area contributed by atoms with E-state index >= 15 is 0 Å². The highest BCUT2D eigenvalue weighted by atomic mass is 19.4. The van der Waals surface area contributed by atoms with Crippen LogP contribution in [0.5, 0.6) is 5.75 Å². The Morgan fingerprint density at radius 1 is 0.971 bits per heavy atom. The molecule has 0 bridgehead atoms. The largest absolute Gasteiger partial charge is 0.490 e. The lowest BCUT2D eigenvalue weighted by Gasteiger charge is -2.31. The van der Waals surface area contributed by atoms with Crippen LogP contribution in [0.4, 0.5) is 26.3 Å². The second-order valence-electron chi connectivity index (χ2n) is 7.76. The zero-order chi connectivity index (χ0) is 25.5. The molecule has 0 radical (unpaired) electrons. The van der Waals surface area contributed by atoms with E-state index < -0.39 is 35.9 Å². The molecule has 0 amide bonds. The van der Waals surface area contributed by atoms with Crippen LogP contribution in [-0.2, 0) is 22.3 Å². The van der Waals surface area contributed by atoms with Gasteiger partial charge in [-0.25, -0.2) is 0 Å². The van der Waals surface area contributed by atoms with E-state index in [9.17, 15) is 31.1 Å². The number of rotatable bonds is 6. The Bertz CT molecular complexity index is 950. The maximum Gasteiger partial charge on any atom is 0.420 e. The quantitative estimate of drug-likeness (QED) is 0.362. The second kappa shape index (κ2) is 11.8. The Labute approximate surface area is 194 Å². The third kappa shape index (κ3) is 7.01. The number of carbonyl (C=O) groups is 1. The number of hydrogen-bond acceptors (Lipinski definition) is 4. The van der Waals surface area contributed by atoms with Crippen molar-refractivity contribution in [3.8, 4) is 5.75 Å². The number of halogens is 6. The predicted molar refractivity (Wildman–Crippen MR) is 116 cm³/mol. The number of methoxy groups -OCH3 is 1. The Kier molecular flexibility index (Phi) is 9.61. The molecule has 2 aromatic carbocycles. The van der Waals surface area contributed by atoms with Crippen molar-refractivity contribution < 1.29 is 40.6 Å². The molecule has 0 heterocycles. The van der Waals surface area contributed by atoms with Crippen LogP contribution in [0.3, 0.4) is 0 Å². The van der Waals surface area contributed by atoms with Gasteiger partial charge in [0.1, 0.15) is 11.3 Å². The number of nitrogens with one attached hydrogen (secondary N) is 1. The highest BCUT2D eigenvalue weighted by Crippen LogP contribution is 2.44. The van der Waals surface area contributed by atoms with E-state index in [2.05, 4.69) is 10.1 Å². The Balaban J connectivity index is 0.00000199. The normalized spacial score (nSPS) is 18.7. The van der Waals surface area contributed by atoms with Gasteiger partial charge in [0, 0.05) is 6.54 Å². The summed E-state index contributed by atoms with van der Waals surface area (Å²) in [5.74, 6) is -2.33. The van der Waals surface area contributed by atoms with Gasteiger partial charge in [0.2, 0.25) is 0 Å². The van der Waals surface area contributed by atoms with Gasteiger partial charge in [-0.15, -0.1) is 0 Å². The molecule has 2 aromatic rings. The lowest BCUT2D eigenvalue weighted by Crippen LogP contribution is -2.32. The molecule has 1 fully saturated rings. The fourth-order valence-electron chi connectivity index (χ4n) is 4.01. The van der Waals surface area contributed by atoms with Gasteiger partial charge in [-0.1, -0.05) is 38.1 Å². The van der Waals surface area contributed by atoms with Crippen molar-refractivity contribution in [1.82, 2.24) is 5.32 Å². The lowest BCUT2D eigenvalue weighted by molar-refractivity contribution is -0.185. The first-order valence-corrected chi connectivity index (χ1v) is 11.1. The highest BCUT2D eigenvalue weighted by molar-refractivity contribution is 5.91. The molecule has 1 N–H and O–H groups in total. The Morgan fingerprint density at radius 3 is 2.18 bits per heavy atom. The second-order valence-corrected chi connectivity index (χ2v) is 7.76. The fraction of sp³-hybridized carbons (Fsp3) is 0.542. The summed E-state index contributed by atoms with van der Waals surface area (Å²) >= 11 is 0. The smallest absolute Gasteiger partial charge is 0.420 e. The van der Waals surface area contributed by atoms with Crippen molar-refractivity contribution in [3.05, 3.63) is 41.5 Å². The number of fused-ring (bicyclic) bond motifs is 1. The maximum atomic E-state index is 14.0. The van der Waals surface area contributed by atoms with Crippen LogP contribution in [0.2, 0.25) is 0 Å². The molecular formula is C24H29F6NO3. The molecule has 0 aliphatic heterocycles. The van der Waals surface area contributed by atoms with Crippen molar-refractivity contribution in [2.24, 2.45) is 5.92 Å². The van der Waals surface area contributed by atoms with E-state index in [1.165, 1.54) is 31.4 Å². The minimum atomic E-state index is -4.73. The summed E-state index contributed by atoms with van der Waals surface area (Å²) in [6.07, 6.45) is -10.00. The van der Waals surface area contributed by atoms with Gasteiger partial charge >= 0.3 is 18.3 Å². The van der Waals surface area contributed by atoms with Crippen LogP contribution < -0.4 is 10.1 Å². The third-order valence-corrected chi connectivity index (χ3v) is 5.64. The van der Waals surface area contributed by atoms with Crippen molar-refractivity contribution in [2.45, 2.75) is 64.5 Å². The predicted octanol–water partition coefficient (Wildman–Crippen LogP) is 6.65. The molecule has 0 spiro atoms. The molecule has 0 unspecified atom stereocenters. The molecule has 3 rings (SSSR count). The lowest BCUT2D eigenvalue weighted by atomic mass is 9.87. The van der Waals surface area contributed by atoms with Gasteiger partial charge in [-0.3, -0.25) is 4.79 Å². The monoisotopic (exact) mass is 493 g/mol. The number of hydrogen-bond donors (Lipinski definition) is 1. The number of ether oxygens (including phenoxy) is 2. The van der Waals surface area contributed by atoms with Gasteiger partial charge in [0.25, 0.3) is 0 Å². The number of alkyl halides is 6. The number of benzene rings is 2. The molecular weight excluding hydrogens is 464 g/mol. The van der Waals surface area contributed by atoms with Crippen molar-refractivity contribution in [3.63, 3.8) is 0 Å². The van der Waals surface area contributed by atoms with E-state index in [1.807, 2.05) is 13.8 Å². The van der Waals surface area contributed by atoms with Crippen LogP contribution in [0.15, 0.2) is 30.3 Å². The average Bonchev–Trinajstić information content (AvgIpc) is 2.79. The molecule has 4 nitrogen and oxygen atoms in total. The Hall–Kier alpha value is -2.49. The van der Waals surface area contributed by atoms with Crippen LogP contribution in [0.1, 0.15) is 50.7 Å². The minimum Gasteiger partial charge on any atom is -0.490 e. The molecule has 1 aliphatic rings. The molecule has 0 aromatic heterocycles. The molecule has 1 saturated carbocycles. The van der Waals surface area contributed by atoms with Gasteiger partial charge in [0.05, 0.1) is 25.7 Å². The number of carbonyl (C=O) groups excluding carboxylic acids is 1. The first-order chi connectivity index (χ1) is 16.0. The SMILES string of the molecule is CC.COC(=O)CNCc1cccc2c(C(F)(F)F)c(OC3CCC(C(F)(F)F)CC3)ccc12. The summed E-state index contributed by atoms with van der Waals surface area (Å²) < 4.78 is 90.6. The summed E-state index contributed by atoms with van der Waals surface area (Å²) in [5.41, 5.74) is -0.406. The number of esters is 1. The summed E-state index contributed by atoms with van der Waals surface area (Å²) in [4.78, 5) is 11.2. The van der Waals surface area contributed by atoms with Crippen LogP contribution in [-0.4, -0.2) is 31.9 Å². The van der Waals surface area contributed by atoms with Gasteiger partial charge in [-0.2, -0.15) is 26.3 Å². The standard InChI is InChI=1S/C22H23F6NO3.C2H6/c1-31-19(30)12-29-11-13-3-2-4-17-16(13)9-10-18(20(17)22(26,27)28)32-15-7-5-14(6-8-15)21(23,24)25;1-2/h2-4,9-10,14-15,29H,5-8,11-12H2,1H3;1-2H3. The summed E-state index contributed by atoms with van der Waals surface area (Å²) in [6.45, 7) is 4.05. The van der Waals surface area contributed by atoms with E-state index in [0.717, 1.165) is 0 Å². The molecule has 0 atom stereocenters. The third-order valence-electron chi connectivity index (χ3n) is 5.64. The molecule has 34 heavy (non-hydrogen) atoms. The summed E-state index contributed by atoms with van der Waals surface area (Å²) in [7, 11) is 1.23. The topological polar surface area (TPSA) is 47.6 Å². The Morgan fingerprint density at radius 2 is 1.62 bits per heavy atom. The van der Waals surface area contributed by atoms with Crippen LogP contribution in [0.25, 0.3) is 10.8 Å². The van der Waals surface area contributed by atoms with E-state index in [-0.39, 0.29) is 49.9 Å². The zero-order valence-electron chi connectivity index (χ0n) is 19.3. The van der Waals surface area contributed by atoms with E-state index in [1.54, 1.807) is 6.07 Å². The van der Waals surface area contributed by atoms with Crippen molar-refractivity contribution >= 4 is 16.7 Å². The van der Waals surface area contributed by atoms with Gasteiger partial charge in [0.15, 0.2) is 0 Å². The van der Waals surface area contributed by atoms with Crippen LogP contribution >= 0.6 is 0 Å². The molecule has 0 saturated heterocycles. The van der Waals surface area contributed by atoms with Crippen LogP contribution in [0, 0.1) is 5.92 Å². The maximum absolute atomic E-state index is 14.0. The summed E-state index contributed by atoms with van der Waals surface area (Å²) in [6, 6.07) is 7.16. The van der Waals surface area contributed by atoms with Gasteiger partial charge in [-0.05, 0) is 48.1 Å². The molecule has 10 heteroatoms. The zero-order valence-corrected chi connectivity index (χ0v) is 19.3. The van der Waals surface area contributed by atoms with Crippen molar-refractivity contribution in [1.29, 1.82) is 0 Å². The molecule has 190 valence electrons. The van der Waals surface area contributed by atoms with E-state index in [4.69, 9.17) is 4.74 Å². The minimum absolute atomic E-state index is 0.0387. The highest BCUT2D eigenvalue weighted by Gasteiger charge is 2.42. The van der Waals surface area contributed by atoms with E-state index in [0.29, 0.717) is 10.9 Å². The molecule has 1 aliphatic carbocycles. The summed E-state index contributed by atoms with van der Waals surface area (Å²) in [5, 5.41) is 3.09.